The summed E-state index contributed by atoms with van der Waals surface area (Å²) in [6.45, 7) is 0. The first-order valence-electron chi connectivity index (χ1n) is 4.91. The average molecular weight is 232 g/mol. The Kier molecular flexibility index (Phi) is 1.97. The lowest BCUT2D eigenvalue weighted by Crippen LogP contribution is -2.24. The summed E-state index contributed by atoms with van der Waals surface area (Å²) in [7, 11) is 0. The number of fused-ring (bicyclic) bond motifs is 1. The van der Waals surface area contributed by atoms with Gasteiger partial charge in [-0.2, -0.15) is 10.1 Å². The number of carboxylic acid groups (broad SMARTS) is 1. The van der Waals surface area contributed by atoms with Crippen molar-refractivity contribution in [2.45, 2.75) is 6.04 Å². The Labute approximate surface area is 95.4 Å². The Balaban J connectivity index is 2.10. The summed E-state index contributed by atoms with van der Waals surface area (Å²) in [5, 5.41) is 15.7. The number of rotatable bonds is 2. The number of carboxylic acids is 1. The van der Waals surface area contributed by atoms with E-state index in [0.717, 1.165) is 0 Å². The molecule has 7 nitrogen and oxygen atoms in total. The monoisotopic (exact) mass is 232 g/mol. The van der Waals surface area contributed by atoms with Crippen LogP contribution in [0, 0.1) is 0 Å². The van der Waals surface area contributed by atoms with E-state index in [1.165, 1.54) is 18.7 Å². The predicted molar refractivity (Wildman–Crippen MR) is 56.2 cm³/mol. The maximum absolute atomic E-state index is 11.0. The van der Waals surface area contributed by atoms with Gasteiger partial charge in [0.05, 0.1) is 6.26 Å². The molecular weight excluding hydrogens is 224 g/mol. The van der Waals surface area contributed by atoms with Gasteiger partial charge >= 0.3 is 5.97 Å². The van der Waals surface area contributed by atoms with Crippen LogP contribution in [-0.4, -0.2) is 25.8 Å². The Morgan fingerprint density at radius 3 is 3.18 bits per heavy atom. The normalized spacial score (nSPS) is 18.1. The molecule has 0 saturated carbocycles. The zero-order valence-electron chi connectivity index (χ0n) is 8.57. The topological polar surface area (TPSA) is 93.2 Å². The molecule has 1 aliphatic heterocycles. The quantitative estimate of drug-likeness (QED) is 0.797. The van der Waals surface area contributed by atoms with Gasteiger partial charge in [-0.25, -0.2) is 9.48 Å². The van der Waals surface area contributed by atoms with Gasteiger partial charge in [-0.15, -0.1) is 0 Å². The first kappa shape index (κ1) is 9.64. The van der Waals surface area contributed by atoms with Crippen molar-refractivity contribution in [3.63, 3.8) is 0 Å². The number of hydrogen-bond acceptors (Lipinski definition) is 5. The molecule has 0 radical (unpaired) electrons. The van der Waals surface area contributed by atoms with Crippen LogP contribution in [0.3, 0.4) is 0 Å². The average Bonchev–Trinajstić information content (AvgIpc) is 2.98. The van der Waals surface area contributed by atoms with Crippen LogP contribution >= 0.6 is 0 Å². The Morgan fingerprint density at radius 2 is 2.47 bits per heavy atom. The molecule has 3 rings (SSSR count). The SMILES string of the molecule is O=C(O)C1=CC(c2ccco2)n2ncnc2N1. The van der Waals surface area contributed by atoms with Crippen LogP contribution < -0.4 is 5.32 Å². The Bertz CT molecular complexity index is 584. The minimum Gasteiger partial charge on any atom is -0.477 e. The zero-order valence-corrected chi connectivity index (χ0v) is 8.57. The first-order valence-corrected chi connectivity index (χ1v) is 4.91. The molecular formula is C10H8N4O3. The zero-order chi connectivity index (χ0) is 11.8. The van der Waals surface area contributed by atoms with Crippen LogP contribution in [0.2, 0.25) is 0 Å². The third kappa shape index (κ3) is 1.48. The number of anilines is 1. The van der Waals surface area contributed by atoms with Gasteiger partial charge in [0, 0.05) is 0 Å². The fourth-order valence-electron chi connectivity index (χ4n) is 1.72. The van der Waals surface area contributed by atoms with Crippen LogP contribution in [0.5, 0.6) is 0 Å². The van der Waals surface area contributed by atoms with E-state index >= 15 is 0 Å². The molecule has 0 aromatic carbocycles. The Hall–Kier alpha value is -2.57. The van der Waals surface area contributed by atoms with Gasteiger partial charge < -0.3 is 14.8 Å². The van der Waals surface area contributed by atoms with Gasteiger partial charge in [0.1, 0.15) is 23.8 Å². The highest BCUT2D eigenvalue weighted by Gasteiger charge is 2.26. The molecule has 86 valence electrons. The standard InChI is InChI=1S/C10H8N4O3/c15-9(16)6-4-7(8-2-1-3-17-8)14-10(13-6)11-5-12-14/h1-5,7H,(H,15,16)(H,11,12,13). The van der Waals surface area contributed by atoms with E-state index in [2.05, 4.69) is 15.4 Å². The number of aromatic nitrogens is 3. The van der Waals surface area contributed by atoms with Crippen molar-refractivity contribution >= 4 is 11.9 Å². The van der Waals surface area contributed by atoms with E-state index in [1.54, 1.807) is 16.8 Å². The number of nitrogens with zero attached hydrogens (tertiary/aromatic N) is 3. The van der Waals surface area contributed by atoms with E-state index in [-0.39, 0.29) is 5.70 Å². The molecule has 1 atom stereocenters. The van der Waals surface area contributed by atoms with Gasteiger partial charge in [-0.1, -0.05) is 0 Å². The molecule has 2 aromatic rings. The first-order chi connectivity index (χ1) is 8.25. The molecule has 0 fully saturated rings. The van der Waals surface area contributed by atoms with Crippen molar-refractivity contribution in [1.29, 1.82) is 0 Å². The van der Waals surface area contributed by atoms with E-state index < -0.39 is 12.0 Å². The van der Waals surface area contributed by atoms with E-state index in [4.69, 9.17) is 9.52 Å². The number of hydrogen-bond donors (Lipinski definition) is 2. The molecule has 0 amide bonds. The third-order valence-corrected chi connectivity index (χ3v) is 2.47. The van der Waals surface area contributed by atoms with E-state index in [0.29, 0.717) is 11.7 Å². The second-order valence-corrected chi connectivity index (χ2v) is 3.50. The molecule has 17 heavy (non-hydrogen) atoms. The summed E-state index contributed by atoms with van der Waals surface area (Å²) in [6, 6.07) is 3.11. The lowest BCUT2D eigenvalue weighted by molar-refractivity contribution is -0.132. The molecule has 0 saturated heterocycles. The highest BCUT2D eigenvalue weighted by Crippen LogP contribution is 2.28. The molecule has 3 heterocycles. The number of aliphatic carboxylic acids is 1. The van der Waals surface area contributed by atoms with Gasteiger partial charge in [0.25, 0.3) is 0 Å². The van der Waals surface area contributed by atoms with Gasteiger partial charge in [0.15, 0.2) is 0 Å². The van der Waals surface area contributed by atoms with Crippen molar-refractivity contribution in [2.75, 3.05) is 5.32 Å². The number of furan rings is 1. The summed E-state index contributed by atoms with van der Waals surface area (Å²) < 4.78 is 6.83. The van der Waals surface area contributed by atoms with Crippen LogP contribution in [0.15, 0.2) is 40.9 Å². The highest BCUT2D eigenvalue weighted by atomic mass is 16.4. The van der Waals surface area contributed by atoms with Gasteiger partial charge in [0.2, 0.25) is 5.95 Å². The molecule has 2 aromatic heterocycles. The lowest BCUT2D eigenvalue weighted by Gasteiger charge is -2.20. The molecule has 7 heteroatoms. The van der Waals surface area contributed by atoms with E-state index in [9.17, 15) is 4.79 Å². The second kappa shape index (κ2) is 3.48. The van der Waals surface area contributed by atoms with Crippen LogP contribution in [-0.2, 0) is 4.79 Å². The van der Waals surface area contributed by atoms with Crippen molar-refractivity contribution in [1.82, 2.24) is 14.8 Å². The molecule has 1 unspecified atom stereocenters. The largest absolute Gasteiger partial charge is 0.477 e. The summed E-state index contributed by atoms with van der Waals surface area (Å²) in [6.07, 6.45) is 4.42. The number of nitrogens with one attached hydrogen (secondary N) is 1. The smallest absolute Gasteiger partial charge is 0.352 e. The van der Waals surface area contributed by atoms with Crippen LogP contribution in [0.1, 0.15) is 11.8 Å². The predicted octanol–water partition coefficient (Wildman–Crippen LogP) is 0.854. The van der Waals surface area contributed by atoms with Crippen LogP contribution in [0.25, 0.3) is 0 Å². The van der Waals surface area contributed by atoms with Crippen LogP contribution in [0.4, 0.5) is 5.95 Å². The summed E-state index contributed by atoms with van der Waals surface area (Å²) in [5.74, 6) is -0.0564. The Morgan fingerprint density at radius 1 is 1.59 bits per heavy atom. The number of carbonyl (C=O) groups is 1. The minimum atomic E-state index is -1.05. The van der Waals surface area contributed by atoms with Crippen molar-refractivity contribution < 1.29 is 14.3 Å². The summed E-state index contributed by atoms with van der Waals surface area (Å²) in [4.78, 5) is 14.9. The van der Waals surface area contributed by atoms with Crippen molar-refractivity contribution in [3.05, 3.63) is 42.3 Å². The summed E-state index contributed by atoms with van der Waals surface area (Å²) in [5.41, 5.74) is 0.0619. The molecule has 0 bridgehead atoms. The lowest BCUT2D eigenvalue weighted by atomic mass is 10.1. The minimum absolute atomic E-state index is 0.0619. The third-order valence-electron chi connectivity index (χ3n) is 2.47. The van der Waals surface area contributed by atoms with E-state index in [1.807, 2.05) is 0 Å². The maximum Gasteiger partial charge on any atom is 0.352 e. The fraction of sp³-hybridized carbons (Fsp3) is 0.100. The fourth-order valence-corrected chi connectivity index (χ4v) is 1.72. The highest BCUT2D eigenvalue weighted by molar-refractivity contribution is 5.90. The second-order valence-electron chi connectivity index (χ2n) is 3.50. The van der Waals surface area contributed by atoms with Gasteiger partial charge in [-0.3, -0.25) is 0 Å². The van der Waals surface area contributed by atoms with Crippen molar-refractivity contribution in [2.24, 2.45) is 0 Å². The van der Waals surface area contributed by atoms with Crippen molar-refractivity contribution in [3.8, 4) is 0 Å². The summed E-state index contributed by atoms with van der Waals surface area (Å²) >= 11 is 0. The number of allylic oxidation sites excluding steroid dienone is 1. The molecule has 0 spiro atoms. The molecule has 1 aliphatic rings. The maximum atomic E-state index is 11.0. The molecule has 0 aliphatic carbocycles. The molecule has 2 N–H and O–H groups in total. The van der Waals surface area contributed by atoms with Gasteiger partial charge in [-0.05, 0) is 18.2 Å².